The molecule has 0 aromatic carbocycles. The van der Waals surface area contributed by atoms with Crippen LogP contribution in [0.25, 0.3) is 0 Å². The topological polar surface area (TPSA) is 38.7 Å². The lowest BCUT2D eigenvalue weighted by atomic mass is 11.2. The molecule has 0 aromatic heterocycles. The average molecular weight is 107 g/mol. The smallest absolute Gasteiger partial charge is 0.220 e. The first-order chi connectivity index (χ1) is 2.77. The Morgan fingerprint density at radius 3 is 2.50 bits per heavy atom. The van der Waals surface area contributed by atoms with Gasteiger partial charge in [-0.15, -0.1) is 4.91 Å². The second kappa shape index (κ2) is 2.66. The third-order valence-electron chi connectivity index (χ3n) is 0.136. The SMILES string of the molecule is C=C(Cl)ON=O. The Morgan fingerprint density at radius 1 is 2.00 bits per heavy atom. The Labute approximate surface area is 39.5 Å². The molecule has 6 heavy (non-hydrogen) atoms. The Bertz CT molecular complexity index is 71.9. The van der Waals surface area contributed by atoms with Crippen molar-refractivity contribution in [2.75, 3.05) is 0 Å². The molecule has 0 heterocycles. The van der Waals surface area contributed by atoms with Crippen molar-refractivity contribution < 1.29 is 4.84 Å². The summed E-state index contributed by atoms with van der Waals surface area (Å²) in [5, 5.41) is 1.74. The van der Waals surface area contributed by atoms with E-state index in [0.29, 0.717) is 0 Å². The molecule has 0 fully saturated rings. The van der Waals surface area contributed by atoms with Crippen molar-refractivity contribution in [1.82, 2.24) is 0 Å². The summed E-state index contributed by atoms with van der Waals surface area (Å²) in [4.78, 5) is 12.7. The molecule has 0 saturated heterocycles. The summed E-state index contributed by atoms with van der Waals surface area (Å²) in [6.07, 6.45) is 0. The van der Waals surface area contributed by atoms with Crippen LogP contribution in [-0.4, -0.2) is 0 Å². The predicted octanol–water partition coefficient (Wildman–Crippen LogP) is 1.39. The molecule has 0 bridgehead atoms. The van der Waals surface area contributed by atoms with Crippen molar-refractivity contribution >= 4 is 11.6 Å². The molecule has 34 valence electrons. The van der Waals surface area contributed by atoms with E-state index in [9.17, 15) is 0 Å². The minimum Gasteiger partial charge on any atom is -0.312 e. The van der Waals surface area contributed by atoms with Crippen LogP contribution in [0.15, 0.2) is 17.1 Å². The number of hydrogen-bond donors (Lipinski definition) is 0. The van der Waals surface area contributed by atoms with Crippen LogP contribution in [0.1, 0.15) is 0 Å². The Kier molecular flexibility index (Phi) is 2.40. The molecule has 0 atom stereocenters. The second-order valence-corrected chi connectivity index (χ2v) is 0.943. The Hall–Kier alpha value is -0.570. The molecule has 0 aromatic rings. The van der Waals surface area contributed by atoms with Gasteiger partial charge in [0.05, 0.1) is 0 Å². The zero-order valence-corrected chi connectivity index (χ0v) is 3.60. The lowest BCUT2D eigenvalue weighted by Crippen LogP contribution is -1.64. The number of rotatable bonds is 2. The van der Waals surface area contributed by atoms with Crippen molar-refractivity contribution in [2.24, 2.45) is 5.34 Å². The normalized spacial score (nSPS) is 6.83. The Morgan fingerprint density at radius 2 is 2.50 bits per heavy atom. The molecule has 0 unspecified atom stereocenters. The van der Waals surface area contributed by atoms with Crippen LogP contribution >= 0.6 is 11.6 Å². The van der Waals surface area contributed by atoms with E-state index in [2.05, 4.69) is 11.4 Å². The summed E-state index contributed by atoms with van der Waals surface area (Å²) >= 11 is 4.87. The van der Waals surface area contributed by atoms with Gasteiger partial charge in [-0.2, -0.15) is 0 Å². The fraction of sp³-hybridized carbons (Fsp3) is 0. The van der Waals surface area contributed by atoms with Gasteiger partial charge in [-0.05, 0) is 18.2 Å². The molecule has 0 radical (unpaired) electrons. The quantitative estimate of drug-likeness (QED) is 0.304. The summed E-state index contributed by atoms with van der Waals surface area (Å²) in [5.74, 6) is 0. The van der Waals surface area contributed by atoms with Gasteiger partial charge >= 0.3 is 0 Å². The Balaban J connectivity index is 3.05. The van der Waals surface area contributed by atoms with Gasteiger partial charge in [-0.3, -0.25) is 0 Å². The van der Waals surface area contributed by atoms with Crippen molar-refractivity contribution in [3.05, 3.63) is 16.7 Å². The lowest BCUT2D eigenvalue weighted by Gasteiger charge is -1.79. The summed E-state index contributed by atoms with van der Waals surface area (Å²) in [6, 6.07) is 0. The summed E-state index contributed by atoms with van der Waals surface area (Å²) in [6.45, 7) is 2.99. The van der Waals surface area contributed by atoms with E-state index in [1.54, 1.807) is 0 Å². The highest BCUT2D eigenvalue weighted by molar-refractivity contribution is 6.27. The highest BCUT2D eigenvalue weighted by Crippen LogP contribution is 1.96. The molecule has 0 rings (SSSR count). The summed E-state index contributed by atoms with van der Waals surface area (Å²) in [5.41, 5.74) is 0. The van der Waals surface area contributed by atoms with Crippen LogP contribution < -0.4 is 0 Å². The highest BCUT2D eigenvalue weighted by Gasteiger charge is 1.78. The maximum Gasteiger partial charge on any atom is 0.220 e. The van der Waals surface area contributed by atoms with Gasteiger partial charge in [0.25, 0.3) is 0 Å². The van der Waals surface area contributed by atoms with E-state index in [1.807, 2.05) is 5.34 Å². The van der Waals surface area contributed by atoms with E-state index in [4.69, 9.17) is 16.5 Å². The maximum atomic E-state index is 9.00. The van der Waals surface area contributed by atoms with Crippen molar-refractivity contribution in [3.63, 3.8) is 0 Å². The second-order valence-electron chi connectivity index (χ2n) is 0.521. The maximum absolute atomic E-state index is 9.00. The van der Waals surface area contributed by atoms with Gasteiger partial charge < -0.3 is 4.84 Å². The van der Waals surface area contributed by atoms with Gasteiger partial charge in [-0.25, -0.2) is 0 Å². The van der Waals surface area contributed by atoms with Crippen molar-refractivity contribution in [3.8, 4) is 0 Å². The average Bonchev–Trinajstić information content (AvgIpc) is 1.35. The zero-order valence-electron chi connectivity index (χ0n) is 2.85. The standard InChI is InChI=1S/C2H2ClNO2/c1-2(3)6-4-5/h1H2. The molecule has 0 amide bonds. The van der Waals surface area contributed by atoms with E-state index in [-0.39, 0.29) is 5.22 Å². The largest absolute Gasteiger partial charge is 0.312 e. The molecule has 0 aliphatic heterocycles. The fourth-order valence-electron chi connectivity index (χ4n) is 0.0404. The van der Waals surface area contributed by atoms with Crippen LogP contribution in [0.2, 0.25) is 0 Å². The lowest BCUT2D eigenvalue weighted by molar-refractivity contribution is 0.249. The van der Waals surface area contributed by atoms with E-state index < -0.39 is 0 Å². The van der Waals surface area contributed by atoms with Crippen LogP contribution in [0, 0.1) is 4.91 Å². The van der Waals surface area contributed by atoms with Gasteiger partial charge in [-0.1, -0.05) is 0 Å². The third kappa shape index (κ3) is 3.43. The first-order valence-electron chi connectivity index (χ1n) is 1.11. The molecule has 0 aliphatic rings. The molecule has 0 saturated carbocycles. The minimum atomic E-state index is -0.218. The van der Waals surface area contributed by atoms with Gasteiger partial charge in [0.15, 0.2) is 5.34 Å². The van der Waals surface area contributed by atoms with Crippen LogP contribution in [-0.2, 0) is 4.84 Å². The van der Waals surface area contributed by atoms with Crippen LogP contribution in [0.4, 0.5) is 0 Å². The summed E-state index contributed by atoms with van der Waals surface area (Å²) < 4.78 is 0. The monoisotopic (exact) mass is 107 g/mol. The van der Waals surface area contributed by atoms with Gasteiger partial charge in [0.2, 0.25) is 5.22 Å². The highest BCUT2D eigenvalue weighted by atomic mass is 35.5. The first-order valence-corrected chi connectivity index (χ1v) is 1.49. The third-order valence-corrected chi connectivity index (χ3v) is 0.205. The minimum absolute atomic E-state index is 0.218. The first kappa shape index (κ1) is 5.43. The predicted molar refractivity (Wildman–Crippen MR) is 21.9 cm³/mol. The van der Waals surface area contributed by atoms with E-state index in [0.717, 1.165) is 0 Å². The van der Waals surface area contributed by atoms with E-state index in [1.165, 1.54) is 0 Å². The number of hydrogen-bond acceptors (Lipinski definition) is 3. The molecular weight excluding hydrogens is 105 g/mol. The molecule has 4 heteroatoms. The molecule has 0 spiro atoms. The fourth-order valence-corrected chi connectivity index (χ4v) is 0.0686. The molecule has 0 N–H and O–H groups in total. The van der Waals surface area contributed by atoms with Crippen molar-refractivity contribution in [1.29, 1.82) is 0 Å². The number of halogens is 1. The molecule has 3 nitrogen and oxygen atoms in total. The van der Waals surface area contributed by atoms with Gasteiger partial charge in [0, 0.05) is 0 Å². The molecular formula is C2H2ClNO2. The van der Waals surface area contributed by atoms with Crippen LogP contribution in [0.3, 0.4) is 0 Å². The number of nitrogens with zero attached hydrogens (tertiary/aromatic N) is 1. The van der Waals surface area contributed by atoms with Gasteiger partial charge in [0.1, 0.15) is 0 Å². The van der Waals surface area contributed by atoms with E-state index >= 15 is 0 Å². The summed E-state index contributed by atoms with van der Waals surface area (Å²) in [7, 11) is 0. The zero-order chi connectivity index (χ0) is 4.99. The van der Waals surface area contributed by atoms with Crippen LogP contribution in [0.5, 0.6) is 0 Å². The van der Waals surface area contributed by atoms with Crippen molar-refractivity contribution in [2.45, 2.75) is 0 Å². The molecule has 0 aliphatic carbocycles.